The summed E-state index contributed by atoms with van der Waals surface area (Å²) in [5.41, 5.74) is 5.20. The zero-order valence-electron chi connectivity index (χ0n) is 19.0. The van der Waals surface area contributed by atoms with E-state index in [9.17, 15) is 22.8 Å². The predicted octanol–water partition coefficient (Wildman–Crippen LogP) is 5.30. The number of H-pyrrole nitrogens is 1. The standard InChI is InChI=1S/C26H20F4N4O/c1-14(2)25(21(13-31)23(32)35-24-22(25)15(3)33-34-24)18-9-17(10-19(12-18)26(28,29)30)8-7-16-5-4-6-20(27)11-16/h4-6,9-12,14H,32H2,1-3H3,(H,33,34). The second kappa shape index (κ2) is 8.52. The molecular formula is C26H20F4N4O. The summed E-state index contributed by atoms with van der Waals surface area (Å²) in [7, 11) is 0. The number of nitrogens with one attached hydrogen (secondary N) is 1. The Morgan fingerprint density at radius 3 is 2.46 bits per heavy atom. The molecule has 4 rings (SSSR count). The van der Waals surface area contributed by atoms with Crippen LogP contribution in [0.1, 0.15) is 47.4 Å². The van der Waals surface area contributed by atoms with Gasteiger partial charge in [-0.05, 0) is 54.8 Å². The lowest BCUT2D eigenvalue weighted by Gasteiger charge is -2.41. The van der Waals surface area contributed by atoms with Gasteiger partial charge >= 0.3 is 6.18 Å². The molecule has 0 saturated heterocycles. The van der Waals surface area contributed by atoms with E-state index in [1.165, 1.54) is 24.3 Å². The van der Waals surface area contributed by atoms with Gasteiger partial charge in [0.15, 0.2) is 0 Å². The Labute approximate surface area is 199 Å². The van der Waals surface area contributed by atoms with Crippen molar-refractivity contribution >= 4 is 0 Å². The van der Waals surface area contributed by atoms with Crippen molar-refractivity contribution in [2.24, 2.45) is 11.7 Å². The number of halogens is 4. The fraction of sp³-hybridized carbons (Fsp3) is 0.231. The van der Waals surface area contributed by atoms with Gasteiger partial charge in [0.25, 0.3) is 0 Å². The molecule has 3 N–H and O–H groups in total. The second-order valence-electron chi connectivity index (χ2n) is 8.50. The number of allylic oxidation sites excluding steroid dienone is 1. The molecule has 1 aromatic heterocycles. The van der Waals surface area contributed by atoms with Crippen molar-refractivity contribution in [3.05, 3.63) is 93.2 Å². The summed E-state index contributed by atoms with van der Waals surface area (Å²) in [5.74, 6) is 4.35. The van der Waals surface area contributed by atoms with Gasteiger partial charge in [0, 0.05) is 16.8 Å². The van der Waals surface area contributed by atoms with E-state index in [-0.39, 0.29) is 28.5 Å². The lowest BCUT2D eigenvalue weighted by Crippen LogP contribution is -2.41. The Kier molecular flexibility index (Phi) is 5.82. The number of fused-ring (bicyclic) bond motifs is 1. The summed E-state index contributed by atoms with van der Waals surface area (Å²) in [4.78, 5) is 0. The van der Waals surface area contributed by atoms with E-state index >= 15 is 0 Å². The maximum Gasteiger partial charge on any atom is 0.416 e. The smallest absolute Gasteiger partial charge is 0.416 e. The molecule has 0 fully saturated rings. The SMILES string of the molecule is Cc1[nH]nc2c1C(c1cc(C#Cc3cccc(F)c3)cc(C(F)(F)F)c1)(C(C)C)C(C#N)=C(N)O2. The van der Waals surface area contributed by atoms with Gasteiger partial charge in [0.05, 0.1) is 16.5 Å². The zero-order chi connectivity index (χ0) is 25.5. The third kappa shape index (κ3) is 4.00. The van der Waals surface area contributed by atoms with Crippen LogP contribution in [0, 0.1) is 41.8 Å². The number of aromatic amines is 1. The number of aromatic nitrogens is 2. The highest BCUT2D eigenvalue weighted by atomic mass is 19.4. The first-order valence-electron chi connectivity index (χ1n) is 10.6. The highest BCUT2D eigenvalue weighted by molar-refractivity contribution is 5.63. The van der Waals surface area contributed by atoms with Crippen molar-refractivity contribution in [1.82, 2.24) is 10.2 Å². The quantitative estimate of drug-likeness (QED) is 0.385. The Bertz CT molecular complexity index is 1450. The number of nitrogens with two attached hydrogens (primary N) is 1. The van der Waals surface area contributed by atoms with Gasteiger partial charge in [-0.15, -0.1) is 5.10 Å². The van der Waals surface area contributed by atoms with E-state index in [1.807, 2.05) is 0 Å². The van der Waals surface area contributed by atoms with Gasteiger partial charge in [-0.25, -0.2) is 4.39 Å². The maximum atomic E-state index is 14.0. The normalized spacial score (nSPS) is 17.3. The van der Waals surface area contributed by atoms with Gasteiger partial charge < -0.3 is 10.5 Å². The molecule has 35 heavy (non-hydrogen) atoms. The molecule has 5 nitrogen and oxygen atoms in total. The predicted molar refractivity (Wildman–Crippen MR) is 120 cm³/mol. The zero-order valence-corrected chi connectivity index (χ0v) is 19.0. The molecule has 2 heterocycles. The molecule has 178 valence electrons. The third-order valence-corrected chi connectivity index (χ3v) is 6.03. The number of hydrogen-bond donors (Lipinski definition) is 2. The minimum absolute atomic E-state index is 0.0205. The van der Waals surface area contributed by atoms with Crippen LogP contribution in [0.15, 0.2) is 53.9 Å². The largest absolute Gasteiger partial charge is 0.420 e. The van der Waals surface area contributed by atoms with Crippen LogP contribution >= 0.6 is 0 Å². The monoisotopic (exact) mass is 480 g/mol. The second-order valence-corrected chi connectivity index (χ2v) is 8.50. The van der Waals surface area contributed by atoms with Gasteiger partial charge in [-0.1, -0.05) is 31.8 Å². The summed E-state index contributed by atoms with van der Waals surface area (Å²) in [6, 6.07) is 10.9. The molecular weight excluding hydrogens is 460 g/mol. The van der Waals surface area contributed by atoms with Crippen LogP contribution in [0.2, 0.25) is 0 Å². The van der Waals surface area contributed by atoms with Crippen molar-refractivity contribution in [3.8, 4) is 23.8 Å². The van der Waals surface area contributed by atoms with Crippen molar-refractivity contribution in [1.29, 1.82) is 5.26 Å². The summed E-state index contributed by atoms with van der Waals surface area (Å²) >= 11 is 0. The molecule has 1 unspecified atom stereocenters. The number of benzene rings is 2. The average molecular weight is 480 g/mol. The Morgan fingerprint density at radius 2 is 1.83 bits per heavy atom. The molecule has 0 saturated carbocycles. The van der Waals surface area contributed by atoms with E-state index in [4.69, 9.17) is 10.5 Å². The fourth-order valence-electron chi connectivity index (χ4n) is 4.56. The summed E-state index contributed by atoms with van der Waals surface area (Å²) in [6.45, 7) is 5.26. The lowest BCUT2D eigenvalue weighted by molar-refractivity contribution is -0.137. The van der Waals surface area contributed by atoms with E-state index < -0.39 is 28.9 Å². The maximum absolute atomic E-state index is 14.0. The lowest BCUT2D eigenvalue weighted by atomic mass is 9.61. The van der Waals surface area contributed by atoms with Crippen molar-refractivity contribution < 1.29 is 22.3 Å². The average Bonchev–Trinajstić information content (AvgIpc) is 3.16. The number of hydrogen-bond acceptors (Lipinski definition) is 4. The molecule has 0 aliphatic carbocycles. The van der Waals surface area contributed by atoms with Gasteiger partial charge in [0.2, 0.25) is 11.8 Å². The fourth-order valence-corrected chi connectivity index (χ4v) is 4.56. The molecule has 3 aromatic rings. The molecule has 1 aliphatic heterocycles. The Morgan fingerprint density at radius 1 is 1.11 bits per heavy atom. The molecule has 0 spiro atoms. The number of nitrogens with zero attached hydrogens (tertiary/aromatic N) is 2. The molecule has 0 radical (unpaired) electrons. The summed E-state index contributed by atoms with van der Waals surface area (Å²) < 4.78 is 61.0. The molecule has 0 bridgehead atoms. The van der Waals surface area contributed by atoms with E-state index in [2.05, 4.69) is 28.1 Å². The number of rotatable bonds is 2. The molecule has 2 aromatic carbocycles. The van der Waals surface area contributed by atoms with E-state index in [0.29, 0.717) is 16.8 Å². The van der Waals surface area contributed by atoms with Crippen LogP contribution in [0.4, 0.5) is 17.6 Å². The Balaban J connectivity index is 2.05. The van der Waals surface area contributed by atoms with Crippen LogP contribution in [-0.4, -0.2) is 10.2 Å². The summed E-state index contributed by atoms with van der Waals surface area (Å²) in [5, 5.41) is 16.9. The molecule has 9 heteroatoms. The highest BCUT2D eigenvalue weighted by Crippen LogP contribution is 2.53. The van der Waals surface area contributed by atoms with Crippen molar-refractivity contribution in [3.63, 3.8) is 0 Å². The van der Waals surface area contributed by atoms with Crippen molar-refractivity contribution in [2.75, 3.05) is 0 Å². The van der Waals surface area contributed by atoms with Crippen molar-refractivity contribution in [2.45, 2.75) is 32.4 Å². The first-order valence-corrected chi connectivity index (χ1v) is 10.6. The van der Waals surface area contributed by atoms with Crippen LogP contribution in [0.25, 0.3) is 0 Å². The van der Waals surface area contributed by atoms with Crippen LogP contribution in [-0.2, 0) is 11.6 Å². The Hall–Kier alpha value is -4.24. The number of alkyl halides is 3. The van der Waals surface area contributed by atoms with Crippen LogP contribution in [0.5, 0.6) is 5.88 Å². The minimum Gasteiger partial charge on any atom is -0.420 e. The van der Waals surface area contributed by atoms with Crippen LogP contribution < -0.4 is 10.5 Å². The van der Waals surface area contributed by atoms with E-state index in [1.54, 1.807) is 26.8 Å². The van der Waals surface area contributed by atoms with E-state index in [0.717, 1.165) is 12.1 Å². The first-order chi connectivity index (χ1) is 16.5. The molecule has 0 amide bonds. The number of aryl methyl sites for hydroxylation is 1. The number of ether oxygens (including phenoxy) is 1. The van der Waals surface area contributed by atoms with Gasteiger partial charge in [0.1, 0.15) is 17.5 Å². The molecule has 1 atom stereocenters. The topological polar surface area (TPSA) is 87.7 Å². The van der Waals surface area contributed by atoms with Gasteiger partial charge in [-0.2, -0.15) is 18.4 Å². The highest BCUT2D eigenvalue weighted by Gasteiger charge is 2.51. The van der Waals surface area contributed by atoms with Crippen LogP contribution in [0.3, 0.4) is 0 Å². The first kappa shape index (κ1) is 23.9. The third-order valence-electron chi connectivity index (χ3n) is 6.03. The molecule has 1 aliphatic rings. The summed E-state index contributed by atoms with van der Waals surface area (Å²) in [6.07, 6.45) is -4.69. The van der Waals surface area contributed by atoms with Gasteiger partial charge in [-0.3, -0.25) is 5.10 Å². The number of nitriles is 1. The minimum atomic E-state index is -4.69.